The van der Waals surface area contributed by atoms with Crippen molar-refractivity contribution in [2.45, 2.75) is 24.0 Å². The Kier molecular flexibility index (Phi) is 6.42. The van der Waals surface area contributed by atoms with Crippen molar-refractivity contribution in [1.29, 1.82) is 0 Å². The minimum atomic E-state index is -3.77. The molecule has 2 heterocycles. The monoisotopic (exact) mass is 471 g/mol. The van der Waals surface area contributed by atoms with Crippen LogP contribution in [0.15, 0.2) is 69.3 Å². The van der Waals surface area contributed by atoms with Crippen molar-refractivity contribution in [3.8, 4) is 11.5 Å². The topological polar surface area (TPSA) is 106 Å². The Balaban J connectivity index is 1.39. The summed E-state index contributed by atoms with van der Waals surface area (Å²) in [6.07, 6.45) is 1.35. The Morgan fingerprint density at radius 1 is 1.09 bits per heavy atom. The number of nitrogens with one attached hydrogen (secondary N) is 2. The minimum Gasteiger partial charge on any atom is -0.454 e. The summed E-state index contributed by atoms with van der Waals surface area (Å²) in [5, 5.41) is 5.84. The zero-order chi connectivity index (χ0) is 22.6. The number of para-hydroxylation sites is 1. The molecule has 0 spiro atoms. The van der Waals surface area contributed by atoms with Gasteiger partial charge >= 0.3 is 0 Å². The maximum atomic E-state index is 12.7. The third-order valence-electron chi connectivity index (χ3n) is 4.74. The highest BCUT2D eigenvalue weighted by atomic mass is 32.2. The van der Waals surface area contributed by atoms with Crippen molar-refractivity contribution < 1.29 is 22.7 Å². The number of hydrazone groups is 1. The zero-order valence-corrected chi connectivity index (χ0v) is 18.8. The van der Waals surface area contributed by atoms with Crippen molar-refractivity contribution in [3.63, 3.8) is 0 Å². The molecule has 0 saturated carbocycles. The summed E-state index contributed by atoms with van der Waals surface area (Å²) in [6.45, 7) is 2.05. The van der Waals surface area contributed by atoms with Gasteiger partial charge in [0.05, 0.1) is 11.3 Å². The Bertz CT molecular complexity index is 1250. The smallest absolute Gasteiger partial charge is 0.273 e. The number of amides is 1. The van der Waals surface area contributed by atoms with E-state index in [0.29, 0.717) is 6.42 Å². The van der Waals surface area contributed by atoms with Crippen molar-refractivity contribution in [1.82, 2.24) is 5.43 Å². The molecule has 0 atom stereocenters. The van der Waals surface area contributed by atoms with Crippen molar-refractivity contribution in [2.24, 2.45) is 5.10 Å². The fraction of sp³-hybridized carbons (Fsp3) is 0.182. The van der Waals surface area contributed by atoms with E-state index in [0.717, 1.165) is 40.5 Å². The van der Waals surface area contributed by atoms with Crippen LogP contribution in [0.1, 0.15) is 29.3 Å². The predicted molar refractivity (Wildman–Crippen MR) is 123 cm³/mol. The zero-order valence-electron chi connectivity index (χ0n) is 17.2. The molecule has 0 fully saturated rings. The van der Waals surface area contributed by atoms with Crippen LogP contribution in [0.5, 0.6) is 11.5 Å². The summed E-state index contributed by atoms with van der Waals surface area (Å²) >= 11 is 1.10. The van der Waals surface area contributed by atoms with Crippen LogP contribution in [0, 0.1) is 0 Å². The van der Waals surface area contributed by atoms with Gasteiger partial charge in [0, 0.05) is 5.71 Å². The Hall–Kier alpha value is -3.37. The van der Waals surface area contributed by atoms with Gasteiger partial charge in [-0.15, -0.1) is 11.3 Å². The molecule has 0 bridgehead atoms. The molecule has 3 aromatic rings. The Morgan fingerprint density at radius 2 is 1.91 bits per heavy atom. The molecule has 10 heteroatoms. The van der Waals surface area contributed by atoms with E-state index in [1.807, 2.05) is 25.1 Å². The second-order valence-electron chi connectivity index (χ2n) is 7.06. The van der Waals surface area contributed by atoms with Crippen molar-refractivity contribution in [2.75, 3.05) is 11.5 Å². The molecule has 1 aliphatic heterocycles. The van der Waals surface area contributed by atoms with Gasteiger partial charge in [-0.25, -0.2) is 13.8 Å². The Labute approximate surface area is 189 Å². The number of thiophene rings is 1. The summed E-state index contributed by atoms with van der Waals surface area (Å²) in [7, 11) is -3.77. The molecule has 1 aliphatic rings. The van der Waals surface area contributed by atoms with Crippen molar-refractivity contribution >= 4 is 38.7 Å². The number of hydrogen-bond donors (Lipinski definition) is 2. The predicted octanol–water partition coefficient (Wildman–Crippen LogP) is 4.02. The molecule has 1 aromatic heterocycles. The SMILES string of the molecule is C/C(CCc1ccc2c(c1)OCO2)=N\NC(=O)c1ccccc1NS(=O)(=O)c1cccs1. The summed E-state index contributed by atoms with van der Waals surface area (Å²) in [6, 6.07) is 15.3. The standard InChI is InChI=1S/C22H21N3O5S2/c1-15(8-9-16-10-11-19-20(13-16)30-14-29-19)23-24-22(26)17-5-2-3-6-18(17)25-32(27,28)21-7-4-12-31-21/h2-7,10-13,25H,8-9,14H2,1H3,(H,24,26)/b23-15+. The van der Waals surface area contributed by atoms with E-state index in [4.69, 9.17) is 9.47 Å². The van der Waals surface area contributed by atoms with Gasteiger partial charge in [-0.1, -0.05) is 24.3 Å². The first kappa shape index (κ1) is 21.8. The minimum absolute atomic E-state index is 0.171. The number of carbonyl (C=O) groups is 1. The highest BCUT2D eigenvalue weighted by molar-refractivity contribution is 7.94. The fourth-order valence-electron chi connectivity index (χ4n) is 3.07. The lowest BCUT2D eigenvalue weighted by molar-refractivity contribution is 0.0955. The lowest BCUT2D eigenvalue weighted by Crippen LogP contribution is -2.22. The largest absolute Gasteiger partial charge is 0.454 e. The normalized spacial score (nSPS) is 13.1. The van der Waals surface area contributed by atoms with E-state index >= 15 is 0 Å². The summed E-state index contributed by atoms with van der Waals surface area (Å²) < 4.78 is 38.4. The van der Waals surface area contributed by atoms with Crippen LogP contribution in [-0.4, -0.2) is 26.8 Å². The molecule has 4 rings (SSSR count). The fourth-order valence-corrected chi connectivity index (χ4v) is 5.14. The second-order valence-corrected chi connectivity index (χ2v) is 9.92. The quantitative estimate of drug-likeness (QED) is 0.381. The molecular formula is C22H21N3O5S2. The molecular weight excluding hydrogens is 450 g/mol. The van der Waals surface area contributed by atoms with E-state index in [9.17, 15) is 13.2 Å². The molecule has 8 nitrogen and oxygen atoms in total. The highest BCUT2D eigenvalue weighted by Crippen LogP contribution is 2.32. The van der Waals surface area contributed by atoms with Crippen LogP contribution in [0.3, 0.4) is 0 Å². The van der Waals surface area contributed by atoms with Crippen LogP contribution in [0.2, 0.25) is 0 Å². The van der Waals surface area contributed by atoms with E-state index in [1.165, 1.54) is 12.1 Å². The number of sulfonamides is 1. The van der Waals surface area contributed by atoms with Gasteiger partial charge in [0.2, 0.25) is 6.79 Å². The maximum Gasteiger partial charge on any atom is 0.273 e. The molecule has 0 unspecified atom stereocenters. The molecule has 0 saturated heterocycles. The lowest BCUT2D eigenvalue weighted by Gasteiger charge is -2.11. The van der Waals surface area contributed by atoms with Gasteiger partial charge in [-0.3, -0.25) is 9.52 Å². The molecule has 1 amide bonds. The number of benzene rings is 2. The van der Waals surface area contributed by atoms with E-state index in [2.05, 4.69) is 15.2 Å². The van der Waals surface area contributed by atoms with Gasteiger partial charge in [-0.05, 0) is 61.0 Å². The van der Waals surface area contributed by atoms with Crippen LogP contribution < -0.4 is 19.6 Å². The average Bonchev–Trinajstić information content (AvgIpc) is 3.48. The third kappa shape index (κ3) is 5.09. The van der Waals surface area contributed by atoms with Gasteiger partial charge in [-0.2, -0.15) is 5.10 Å². The summed E-state index contributed by atoms with van der Waals surface area (Å²) in [4.78, 5) is 12.7. The van der Waals surface area contributed by atoms with Crippen molar-refractivity contribution in [3.05, 3.63) is 71.1 Å². The van der Waals surface area contributed by atoms with Crippen LogP contribution in [0.4, 0.5) is 5.69 Å². The van der Waals surface area contributed by atoms with Gasteiger partial charge in [0.15, 0.2) is 11.5 Å². The number of ether oxygens (including phenoxy) is 2. The number of aryl methyl sites for hydroxylation is 1. The summed E-state index contributed by atoms with van der Waals surface area (Å²) in [5.74, 6) is 0.962. The third-order valence-corrected chi connectivity index (χ3v) is 7.50. The molecule has 0 aliphatic carbocycles. The first-order valence-corrected chi connectivity index (χ1v) is 12.2. The molecule has 0 radical (unpaired) electrons. The van der Waals surface area contributed by atoms with Gasteiger partial charge in [0.25, 0.3) is 15.9 Å². The van der Waals surface area contributed by atoms with Crippen LogP contribution in [0.25, 0.3) is 0 Å². The van der Waals surface area contributed by atoms with Crippen LogP contribution in [-0.2, 0) is 16.4 Å². The number of carbonyl (C=O) groups excluding carboxylic acids is 1. The molecule has 32 heavy (non-hydrogen) atoms. The maximum absolute atomic E-state index is 12.7. The van der Waals surface area contributed by atoms with E-state index in [-0.39, 0.29) is 22.3 Å². The number of rotatable bonds is 8. The highest BCUT2D eigenvalue weighted by Gasteiger charge is 2.19. The number of anilines is 1. The van der Waals surface area contributed by atoms with Crippen LogP contribution >= 0.6 is 11.3 Å². The molecule has 2 N–H and O–H groups in total. The van der Waals surface area contributed by atoms with Gasteiger partial charge in [0.1, 0.15) is 4.21 Å². The lowest BCUT2D eigenvalue weighted by atomic mass is 10.1. The van der Waals surface area contributed by atoms with E-state index in [1.54, 1.807) is 29.6 Å². The number of hydrogen-bond acceptors (Lipinski definition) is 7. The number of nitrogens with zero attached hydrogens (tertiary/aromatic N) is 1. The first-order chi connectivity index (χ1) is 15.4. The number of fused-ring (bicyclic) bond motifs is 1. The Morgan fingerprint density at radius 3 is 2.72 bits per heavy atom. The summed E-state index contributed by atoms with van der Waals surface area (Å²) in [5.41, 5.74) is 4.68. The molecule has 2 aromatic carbocycles. The molecule has 166 valence electrons. The van der Waals surface area contributed by atoms with Gasteiger partial charge < -0.3 is 9.47 Å². The second kappa shape index (κ2) is 9.41. The first-order valence-electron chi connectivity index (χ1n) is 9.80. The average molecular weight is 472 g/mol. The van der Waals surface area contributed by atoms with E-state index < -0.39 is 15.9 Å².